The van der Waals surface area contributed by atoms with E-state index in [0.29, 0.717) is 49.6 Å². The molecule has 0 fully saturated rings. The van der Waals surface area contributed by atoms with Gasteiger partial charge in [0.05, 0.1) is 22.4 Å². The normalized spacial score (nSPS) is 11.0. The number of nitriles is 1. The van der Waals surface area contributed by atoms with Crippen LogP contribution >= 0.6 is 0 Å². The minimum absolute atomic E-state index is 0.0866. The number of aromatic nitrogens is 4. The van der Waals surface area contributed by atoms with Crippen molar-refractivity contribution in [2.75, 3.05) is 12.3 Å². The van der Waals surface area contributed by atoms with Gasteiger partial charge < -0.3 is 11.1 Å². The molecule has 0 aliphatic rings. The highest BCUT2D eigenvalue weighted by Crippen LogP contribution is 2.21. The zero-order chi connectivity index (χ0) is 24.8. The first-order valence-corrected chi connectivity index (χ1v) is 11.8. The third-order valence-corrected chi connectivity index (χ3v) is 5.95. The lowest BCUT2D eigenvalue weighted by Gasteiger charge is -2.06. The van der Waals surface area contributed by atoms with Gasteiger partial charge in [-0.25, -0.2) is 9.48 Å². The van der Waals surface area contributed by atoms with Crippen molar-refractivity contribution in [2.45, 2.75) is 45.7 Å². The van der Waals surface area contributed by atoms with Crippen molar-refractivity contribution < 1.29 is 4.79 Å². The quantitative estimate of drug-likeness (QED) is 0.344. The van der Waals surface area contributed by atoms with Gasteiger partial charge in [0.2, 0.25) is 5.91 Å². The summed E-state index contributed by atoms with van der Waals surface area (Å²) in [5.41, 5.74) is 9.55. The molecular weight excluding hydrogens is 442 g/mol. The third-order valence-electron chi connectivity index (χ3n) is 5.95. The number of hydrogen-bond acceptors (Lipinski definition) is 5. The minimum atomic E-state index is -0.126. The van der Waals surface area contributed by atoms with Crippen molar-refractivity contribution in [1.82, 2.24) is 24.2 Å². The van der Waals surface area contributed by atoms with Crippen LogP contribution in [-0.2, 0) is 24.3 Å². The maximum Gasteiger partial charge on any atom is 0.329 e. The van der Waals surface area contributed by atoms with Crippen LogP contribution in [0.1, 0.15) is 37.4 Å². The number of hydrogen-bond donors (Lipinski definition) is 2. The predicted octanol–water partition coefficient (Wildman–Crippen LogP) is 2.99. The summed E-state index contributed by atoms with van der Waals surface area (Å²) in [6.07, 6.45) is 2.19. The monoisotopic (exact) mass is 471 g/mol. The molecule has 180 valence electrons. The largest absolute Gasteiger partial charge is 0.382 e. The molecule has 0 unspecified atom stereocenters. The molecule has 3 N–H and O–H groups in total. The first kappa shape index (κ1) is 23.8. The lowest BCUT2D eigenvalue weighted by atomic mass is 10.1. The zero-order valence-corrected chi connectivity index (χ0v) is 19.8. The van der Waals surface area contributed by atoms with E-state index in [2.05, 4.69) is 16.5 Å². The Morgan fingerprint density at radius 3 is 2.37 bits per heavy atom. The van der Waals surface area contributed by atoms with Gasteiger partial charge in [0.25, 0.3) is 0 Å². The molecule has 2 heterocycles. The van der Waals surface area contributed by atoms with Gasteiger partial charge in [-0.15, -0.1) is 0 Å². The molecule has 1 amide bonds. The summed E-state index contributed by atoms with van der Waals surface area (Å²) in [6.45, 7) is 3.44. The highest BCUT2D eigenvalue weighted by Gasteiger charge is 2.17. The maximum absolute atomic E-state index is 12.8. The highest BCUT2D eigenvalue weighted by atomic mass is 16.2. The number of imidazole rings is 1. The average Bonchev–Trinajstić information content (AvgIpc) is 3.34. The fourth-order valence-electron chi connectivity index (χ4n) is 4.25. The molecule has 0 spiro atoms. The highest BCUT2D eigenvalue weighted by molar-refractivity contribution is 5.78. The van der Waals surface area contributed by atoms with E-state index >= 15 is 0 Å². The number of nitrogen functional groups attached to an aromatic ring is 1. The van der Waals surface area contributed by atoms with Gasteiger partial charge in [-0.1, -0.05) is 37.3 Å². The Bertz CT molecular complexity index is 1420. The summed E-state index contributed by atoms with van der Waals surface area (Å²) in [6, 6.07) is 19.2. The van der Waals surface area contributed by atoms with E-state index in [1.807, 2.05) is 61.5 Å². The molecule has 4 aromatic rings. The Hall–Kier alpha value is -4.32. The Morgan fingerprint density at radius 2 is 1.71 bits per heavy atom. The number of amides is 1. The Labute approximate surface area is 203 Å². The van der Waals surface area contributed by atoms with Crippen LogP contribution in [0.15, 0.2) is 59.4 Å². The summed E-state index contributed by atoms with van der Waals surface area (Å²) < 4.78 is 5.00. The van der Waals surface area contributed by atoms with E-state index in [0.717, 1.165) is 23.1 Å². The van der Waals surface area contributed by atoms with Gasteiger partial charge in [0.1, 0.15) is 17.5 Å². The summed E-state index contributed by atoms with van der Waals surface area (Å²) >= 11 is 0. The zero-order valence-electron chi connectivity index (χ0n) is 19.8. The number of carbonyl (C=O) groups excluding carboxylic acids is 1. The number of nitrogens with one attached hydrogen (secondary N) is 1. The average molecular weight is 472 g/mol. The molecule has 2 aromatic carbocycles. The smallest absolute Gasteiger partial charge is 0.329 e. The van der Waals surface area contributed by atoms with Crippen LogP contribution in [0.5, 0.6) is 0 Å². The molecule has 0 aliphatic carbocycles. The lowest BCUT2D eigenvalue weighted by Crippen LogP contribution is -2.29. The van der Waals surface area contributed by atoms with Crippen molar-refractivity contribution in [3.63, 3.8) is 0 Å². The molecule has 35 heavy (non-hydrogen) atoms. The first-order valence-electron chi connectivity index (χ1n) is 11.8. The molecule has 0 bridgehead atoms. The van der Waals surface area contributed by atoms with Crippen LogP contribution in [0, 0.1) is 11.3 Å². The number of anilines is 1. The molecular formula is C26H29N7O2. The van der Waals surface area contributed by atoms with Gasteiger partial charge in [-0.2, -0.15) is 10.4 Å². The van der Waals surface area contributed by atoms with Crippen LogP contribution < -0.4 is 16.7 Å². The molecule has 2 aromatic heterocycles. The lowest BCUT2D eigenvalue weighted by molar-refractivity contribution is -0.121. The molecule has 0 radical (unpaired) electrons. The second-order valence-corrected chi connectivity index (χ2v) is 8.34. The number of nitrogens with zero attached hydrogens (tertiary/aromatic N) is 5. The van der Waals surface area contributed by atoms with Crippen LogP contribution in [0.25, 0.3) is 16.7 Å². The second-order valence-electron chi connectivity index (χ2n) is 8.34. The van der Waals surface area contributed by atoms with E-state index in [1.54, 1.807) is 13.8 Å². The summed E-state index contributed by atoms with van der Waals surface area (Å²) in [5, 5.41) is 17.0. The van der Waals surface area contributed by atoms with Crippen molar-refractivity contribution in [3.8, 4) is 11.8 Å². The number of nitrogens with two attached hydrogens (primary N) is 1. The maximum atomic E-state index is 12.8. The van der Waals surface area contributed by atoms with E-state index in [4.69, 9.17) is 5.73 Å². The summed E-state index contributed by atoms with van der Waals surface area (Å²) in [5.74, 6) is 0.185. The SMILES string of the molecule is CCCn1c(=O)n(CCC(=O)NCCCc2nn(-c3ccccc3)c(N)c2C#N)c2ccccc21. The number of aryl methyl sites for hydroxylation is 3. The Morgan fingerprint density at radius 1 is 1.06 bits per heavy atom. The fraction of sp³-hybridized carbons (Fsp3) is 0.308. The first-order chi connectivity index (χ1) is 17.0. The molecule has 4 rings (SSSR count). The van der Waals surface area contributed by atoms with Crippen molar-refractivity contribution in [2.24, 2.45) is 0 Å². The molecule has 0 saturated heterocycles. The number of carbonyl (C=O) groups is 1. The molecule has 0 saturated carbocycles. The number of rotatable bonds is 10. The van der Waals surface area contributed by atoms with Crippen LogP contribution in [-0.4, -0.2) is 31.4 Å². The van der Waals surface area contributed by atoms with Gasteiger partial charge >= 0.3 is 5.69 Å². The van der Waals surface area contributed by atoms with Crippen LogP contribution in [0.3, 0.4) is 0 Å². The van der Waals surface area contributed by atoms with E-state index in [-0.39, 0.29) is 18.0 Å². The van der Waals surface area contributed by atoms with E-state index < -0.39 is 0 Å². The molecule has 9 heteroatoms. The van der Waals surface area contributed by atoms with Gasteiger partial charge in [0, 0.05) is 26.1 Å². The molecule has 9 nitrogen and oxygen atoms in total. The topological polar surface area (TPSA) is 124 Å². The van der Waals surface area contributed by atoms with Crippen molar-refractivity contribution in [3.05, 3.63) is 76.3 Å². The second kappa shape index (κ2) is 10.7. The molecule has 0 atom stereocenters. The van der Waals surface area contributed by atoms with Crippen molar-refractivity contribution in [1.29, 1.82) is 5.26 Å². The minimum Gasteiger partial charge on any atom is -0.382 e. The van der Waals surface area contributed by atoms with Crippen LogP contribution in [0.2, 0.25) is 0 Å². The van der Waals surface area contributed by atoms with Gasteiger partial charge in [0.15, 0.2) is 0 Å². The number of benzene rings is 2. The fourth-order valence-corrected chi connectivity index (χ4v) is 4.25. The molecule has 0 aliphatic heterocycles. The van der Waals surface area contributed by atoms with Gasteiger partial charge in [-0.05, 0) is 43.5 Å². The van der Waals surface area contributed by atoms with Gasteiger partial charge in [-0.3, -0.25) is 13.9 Å². The van der Waals surface area contributed by atoms with Crippen molar-refractivity contribution >= 4 is 22.8 Å². The Kier molecular flexibility index (Phi) is 7.31. The third kappa shape index (κ3) is 4.96. The van der Waals surface area contributed by atoms with E-state index in [9.17, 15) is 14.9 Å². The summed E-state index contributed by atoms with van der Waals surface area (Å²) in [7, 11) is 0. The summed E-state index contributed by atoms with van der Waals surface area (Å²) in [4.78, 5) is 25.3. The Balaban J connectivity index is 1.33. The predicted molar refractivity (Wildman–Crippen MR) is 135 cm³/mol. The number of fused-ring (bicyclic) bond motifs is 1. The van der Waals surface area contributed by atoms with Crippen LogP contribution in [0.4, 0.5) is 5.82 Å². The van der Waals surface area contributed by atoms with E-state index in [1.165, 1.54) is 0 Å². The number of para-hydroxylation sites is 3. The standard InChI is InChI=1S/C26H29N7O2/c1-2-16-31-22-12-6-7-13-23(22)32(26(31)35)17-14-24(34)29-15-8-11-21-20(18-27)25(28)33(30-21)19-9-4-3-5-10-19/h3-7,9-10,12-13H,2,8,11,14-17,28H2,1H3,(H,29,34).